The molecule has 1 aliphatic carbocycles. The molecule has 0 saturated heterocycles. The molecule has 1 atom stereocenters. The van der Waals surface area contributed by atoms with Gasteiger partial charge in [-0.2, -0.15) is 17.9 Å². The van der Waals surface area contributed by atoms with Crippen LogP contribution in [0.5, 0.6) is 0 Å². The molecule has 7 nitrogen and oxygen atoms in total. The van der Waals surface area contributed by atoms with E-state index in [4.69, 9.17) is 4.74 Å². The summed E-state index contributed by atoms with van der Waals surface area (Å²) in [4.78, 5) is 16.9. The van der Waals surface area contributed by atoms with Crippen LogP contribution in [0.25, 0.3) is 22.3 Å². The van der Waals surface area contributed by atoms with Crippen LogP contribution in [-0.4, -0.2) is 41.9 Å². The fraction of sp³-hybridized carbons (Fsp3) is 0.417. The van der Waals surface area contributed by atoms with Gasteiger partial charge in [-0.15, -0.1) is 0 Å². The molecular weight excluding hydrogens is 483 g/mol. The lowest BCUT2D eigenvalue weighted by atomic mass is 10.1. The van der Waals surface area contributed by atoms with Crippen molar-refractivity contribution in [3.63, 3.8) is 0 Å². The van der Waals surface area contributed by atoms with E-state index in [1.165, 1.54) is 10.6 Å². The van der Waals surface area contributed by atoms with E-state index in [1.54, 1.807) is 31.6 Å². The van der Waals surface area contributed by atoms with Gasteiger partial charge < -0.3 is 4.74 Å². The molecule has 0 amide bonds. The maximum absolute atomic E-state index is 13.2. The number of ether oxygens (including phenoxy) is 1. The van der Waals surface area contributed by atoms with E-state index in [0.717, 1.165) is 36.1 Å². The smallest absolute Gasteiger partial charge is 0.419 e. The van der Waals surface area contributed by atoms with Crippen LogP contribution in [0.4, 0.5) is 18.0 Å². The highest BCUT2D eigenvalue weighted by molar-refractivity contribution is 7.89. The first kappa shape index (κ1) is 25.2. The van der Waals surface area contributed by atoms with E-state index in [9.17, 15) is 26.4 Å². The number of nitrogens with zero attached hydrogens (tertiary/aromatic N) is 2. The number of pyridine rings is 1. The molecule has 0 aliphatic heterocycles. The second-order valence-corrected chi connectivity index (χ2v) is 11.4. The van der Waals surface area contributed by atoms with Crippen LogP contribution in [0.1, 0.15) is 52.0 Å². The second kappa shape index (κ2) is 8.63. The molecule has 1 saturated carbocycles. The van der Waals surface area contributed by atoms with E-state index in [-0.39, 0.29) is 5.69 Å². The van der Waals surface area contributed by atoms with Gasteiger partial charge >= 0.3 is 12.3 Å². The van der Waals surface area contributed by atoms with Crippen LogP contribution in [0.3, 0.4) is 0 Å². The Kier molecular flexibility index (Phi) is 6.21. The number of benzene rings is 1. The van der Waals surface area contributed by atoms with E-state index in [2.05, 4.69) is 4.98 Å². The van der Waals surface area contributed by atoms with Crippen LogP contribution in [0.15, 0.2) is 47.5 Å². The van der Waals surface area contributed by atoms with Crippen molar-refractivity contribution in [2.75, 3.05) is 0 Å². The molecule has 11 heteroatoms. The molecule has 1 unspecified atom stereocenters. The Morgan fingerprint density at radius 2 is 1.83 bits per heavy atom. The topological polar surface area (TPSA) is 90.3 Å². The summed E-state index contributed by atoms with van der Waals surface area (Å²) in [7, 11) is -4.46. The molecule has 1 aliphatic rings. The first-order chi connectivity index (χ1) is 16.2. The van der Waals surface area contributed by atoms with Crippen molar-refractivity contribution >= 4 is 27.0 Å². The first-order valence-corrected chi connectivity index (χ1v) is 12.6. The number of sulfonamides is 1. The normalized spacial score (nSPS) is 15.9. The Balaban J connectivity index is 1.75. The van der Waals surface area contributed by atoms with Gasteiger partial charge in [0, 0.05) is 11.6 Å². The Morgan fingerprint density at radius 3 is 2.37 bits per heavy atom. The van der Waals surface area contributed by atoms with E-state index >= 15 is 0 Å². The van der Waals surface area contributed by atoms with Gasteiger partial charge in [-0.1, -0.05) is 12.1 Å². The number of hydrogen-bond donors (Lipinski definition) is 1. The second-order valence-electron chi connectivity index (χ2n) is 9.70. The lowest BCUT2D eigenvalue weighted by Crippen LogP contribution is -2.42. The Morgan fingerprint density at radius 1 is 1.14 bits per heavy atom. The third-order valence-electron chi connectivity index (χ3n) is 5.59. The van der Waals surface area contributed by atoms with Gasteiger partial charge in [-0.25, -0.2) is 17.8 Å². The van der Waals surface area contributed by atoms with Gasteiger partial charge in [-0.05, 0) is 76.3 Å². The molecule has 0 spiro atoms. The summed E-state index contributed by atoms with van der Waals surface area (Å²) >= 11 is 0. The largest absolute Gasteiger partial charge is 0.443 e. The predicted molar refractivity (Wildman–Crippen MR) is 125 cm³/mol. The summed E-state index contributed by atoms with van der Waals surface area (Å²) in [6.07, 6.45) is -2.20. The van der Waals surface area contributed by atoms with Crippen molar-refractivity contribution in [3.05, 3.63) is 48.2 Å². The van der Waals surface area contributed by atoms with Crippen molar-refractivity contribution in [2.45, 2.75) is 69.2 Å². The molecule has 3 aromatic rings. The summed E-state index contributed by atoms with van der Waals surface area (Å²) in [5.74, 6) is 0.457. The Bertz CT molecular complexity index is 1370. The van der Waals surface area contributed by atoms with E-state index in [1.807, 2.05) is 18.2 Å². The number of rotatable bonds is 5. The summed E-state index contributed by atoms with van der Waals surface area (Å²) < 4.78 is 71.8. The van der Waals surface area contributed by atoms with Gasteiger partial charge in [0.05, 0.1) is 16.9 Å². The zero-order valence-electron chi connectivity index (χ0n) is 19.7. The number of nitrogens with one attached hydrogen (secondary N) is 1. The van der Waals surface area contributed by atoms with Crippen LogP contribution >= 0.6 is 0 Å². The molecule has 4 rings (SSSR count). The Labute approximate surface area is 201 Å². The minimum atomic E-state index is -4.73. The third kappa shape index (κ3) is 5.51. The molecule has 2 aromatic heterocycles. The maximum atomic E-state index is 13.2. The molecule has 35 heavy (non-hydrogen) atoms. The fourth-order valence-corrected chi connectivity index (χ4v) is 4.81. The lowest BCUT2D eigenvalue weighted by molar-refractivity contribution is -0.147. The van der Waals surface area contributed by atoms with Gasteiger partial charge in [0.2, 0.25) is 10.0 Å². The molecule has 1 N–H and O–H groups in total. The average Bonchev–Trinajstić information content (AvgIpc) is 3.51. The minimum absolute atomic E-state index is 0.267. The van der Waals surface area contributed by atoms with Crippen molar-refractivity contribution < 1.29 is 31.1 Å². The van der Waals surface area contributed by atoms with E-state index < -0.39 is 38.8 Å². The number of hydrogen-bond acceptors (Lipinski definition) is 5. The number of halogens is 3. The number of carbonyl (C=O) groups excluding carboxylic acids is 1. The lowest BCUT2D eigenvalue weighted by Gasteiger charge is -2.21. The zero-order chi connectivity index (χ0) is 25.8. The maximum Gasteiger partial charge on any atom is 0.419 e. The molecule has 0 bridgehead atoms. The highest BCUT2D eigenvalue weighted by atomic mass is 32.2. The molecular formula is C24H26F3N3O4S. The highest BCUT2D eigenvalue weighted by Gasteiger charge is 2.39. The van der Waals surface area contributed by atoms with Gasteiger partial charge in [-0.3, -0.25) is 4.98 Å². The zero-order valence-corrected chi connectivity index (χ0v) is 20.5. The van der Waals surface area contributed by atoms with Crippen LogP contribution in [0, 0.1) is 0 Å². The standard InChI is InChI=1S/C24H26F3N3O4S/c1-14(24(25,26)27)29-35(32,33)18-9-10-19(28-13-18)21-12-17-8-7-16(15-5-6-15)11-20(17)30(21)22(31)34-23(2,3)4/h7-15,29H,5-6H2,1-4H3. The van der Waals surface area contributed by atoms with Crippen molar-refractivity contribution in [2.24, 2.45) is 0 Å². The number of alkyl halides is 3. The average molecular weight is 510 g/mol. The van der Waals surface area contributed by atoms with Crippen LogP contribution in [-0.2, 0) is 14.8 Å². The van der Waals surface area contributed by atoms with E-state index in [0.29, 0.717) is 24.1 Å². The van der Waals surface area contributed by atoms with Crippen molar-refractivity contribution in [1.82, 2.24) is 14.3 Å². The number of aromatic nitrogens is 2. The minimum Gasteiger partial charge on any atom is -0.443 e. The van der Waals surface area contributed by atoms with Crippen molar-refractivity contribution in [1.29, 1.82) is 0 Å². The molecule has 1 fully saturated rings. The highest BCUT2D eigenvalue weighted by Crippen LogP contribution is 2.41. The summed E-state index contributed by atoms with van der Waals surface area (Å²) in [6, 6.07) is 7.86. The summed E-state index contributed by atoms with van der Waals surface area (Å²) in [5.41, 5.74) is 1.64. The van der Waals surface area contributed by atoms with Crippen molar-refractivity contribution in [3.8, 4) is 11.4 Å². The predicted octanol–water partition coefficient (Wildman–Crippen LogP) is 5.59. The first-order valence-electron chi connectivity index (χ1n) is 11.1. The SMILES string of the molecule is CC(NS(=O)(=O)c1ccc(-c2cc3ccc(C4CC4)cc3n2C(=O)OC(C)(C)C)nc1)C(F)(F)F. The quantitative estimate of drug-likeness (QED) is 0.484. The monoisotopic (exact) mass is 509 g/mol. The number of fused-ring (bicyclic) bond motifs is 1. The van der Waals surface area contributed by atoms with Crippen LogP contribution < -0.4 is 4.72 Å². The summed E-state index contributed by atoms with van der Waals surface area (Å²) in [5, 5.41) is 0.773. The third-order valence-corrected chi connectivity index (χ3v) is 7.11. The summed E-state index contributed by atoms with van der Waals surface area (Å²) in [6.45, 7) is 5.96. The molecule has 0 radical (unpaired) electrons. The van der Waals surface area contributed by atoms with Gasteiger partial charge in [0.1, 0.15) is 16.5 Å². The fourth-order valence-electron chi connectivity index (χ4n) is 3.64. The molecule has 188 valence electrons. The number of carbonyl (C=O) groups is 1. The van der Waals surface area contributed by atoms with Gasteiger partial charge in [0.25, 0.3) is 0 Å². The van der Waals surface area contributed by atoms with Crippen LogP contribution in [0.2, 0.25) is 0 Å². The van der Waals surface area contributed by atoms with Gasteiger partial charge in [0.15, 0.2) is 0 Å². The molecule has 1 aromatic carbocycles. The molecule has 2 heterocycles. The Hall–Kier alpha value is -2.92.